The fourth-order valence-corrected chi connectivity index (χ4v) is 4.46. The number of methoxy groups -OCH3 is 1. The van der Waals surface area contributed by atoms with Crippen LogP contribution in [0.2, 0.25) is 0 Å². The standard InChI is InChI=1S/C24H23FN2O5/c1-30-17-4-2-3-15(13-17)21-20-22(28)18-14-16(25)5-6-19(18)32-23(20)24(29)27(21)8-7-26-9-11-31-12-10-26/h2-6,13-14,21H,7-12H2,1H3. The van der Waals surface area contributed by atoms with Gasteiger partial charge in [-0.05, 0) is 35.9 Å². The summed E-state index contributed by atoms with van der Waals surface area (Å²) in [6.07, 6.45) is 0. The number of hydrogen-bond acceptors (Lipinski definition) is 6. The Morgan fingerprint density at radius 3 is 2.69 bits per heavy atom. The number of halogens is 1. The van der Waals surface area contributed by atoms with Crippen LogP contribution < -0.4 is 10.2 Å². The molecule has 0 N–H and O–H groups in total. The number of fused-ring (bicyclic) bond motifs is 2. The third-order valence-corrected chi connectivity index (χ3v) is 6.10. The van der Waals surface area contributed by atoms with Crippen molar-refractivity contribution in [3.05, 3.63) is 75.4 Å². The number of carbonyl (C=O) groups is 1. The molecule has 1 amide bonds. The third kappa shape index (κ3) is 3.55. The first-order valence-electron chi connectivity index (χ1n) is 10.6. The van der Waals surface area contributed by atoms with Crippen molar-refractivity contribution in [2.75, 3.05) is 46.5 Å². The zero-order valence-corrected chi connectivity index (χ0v) is 17.7. The van der Waals surface area contributed by atoms with Gasteiger partial charge in [-0.15, -0.1) is 0 Å². The van der Waals surface area contributed by atoms with Crippen LogP contribution in [0.15, 0.2) is 51.7 Å². The molecule has 1 fully saturated rings. The number of carbonyl (C=O) groups excluding carboxylic acids is 1. The maximum atomic E-state index is 13.9. The van der Waals surface area contributed by atoms with Gasteiger partial charge in [-0.3, -0.25) is 14.5 Å². The van der Waals surface area contributed by atoms with Crippen molar-refractivity contribution in [2.24, 2.45) is 0 Å². The summed E-state index contributed by atoms with van der Waals surface area (Å²) in [5.74, 6) is -0.239. The quantitative estimate of drug-likeness (QED) is 0.610. The molecule has 1 aromatic heterocycles. The van der Waals surface area contributed by atoms with Gasteiger partial charge >= 0.3 is 0 Å². The first-order valence-corrected chi connectivity index (χ1v) is 10.6. The second-order valence-electron chi connectivity index (χ2n) is 7.95. The molecule has 3 heterocycles. The van der Waals surface area contributed by atoms with Crippen LogP contribution in [0.4, 0.5) is 4.39 Å². The van der Waals surface area contributed by atoms with Crippen molar-refractivity contribution < 1.29 is 23.1 Å². The maximum absolute atomic E-state index is 13.9. The van der Waals surface area contributed by atoms with E-state index in [0.717, 1.165) is 24.7 Å². The SMILES string of the molecule is COc1cccc(C2c3c(oc4ccc(F)cc4c3=O)C(=O)N2CCN2CCOCC2)c1. The van der Waals surface area contributed by atoms with Crippen LogP contribution in [0.3, 0.4) is 0 Å². The van der Waals surface area contributed by atoms with Gasteiger partial charge in [0.15, 0.2) is 5.43 Å². The van der Waals surface area contributed by atoms with E-state index in [0.29, 0.717) is 32.1 Å². The van der Waals surface area contributed by atoms with Crippen LogP contribution in [0, 0.1) is 5.82 Å². The Morgan fingerprint density at radius 1 is 1.09 bits per heavy atom. The van der Waals surface area contributed by atoms with Gasteiger partial charge in [0.1, 0.15) is 17.1 Å². The molecule has 32 heavy (non-hydrogen) atoms. The second kappa shape index (κ2) is 8.37. The number of amides is 1. The number of rotatable bonds is 5. The average molecular weight is 438 g/mol. The summed E-state index contributed by atoms with van der Waals surface area (Å²) in [5.41, 5.74) is 0.781. The van der Waals surface area contributed by atoms with Gasteiger partial charge in [0, 0.05) is 26.2 Å². The minimum atomic E-state index is -0.641. The molecule has 1 unspecified atom stereocenters. The van der Waals surface area contributed by atoms with E-state index >= 15 is 0 Å². The highest BCUT2D eigenvalue weighted by molar-refractivity contribution is 5.99. The summed E-state index contributed by atoms with van der Waals surface area (Å²) in [6, 6.07) is 10.4. The molecule has 0 bridgehead atoms. The van der Waals surface area contributed by atoms with E-state index in [1.54, 1.807) is 18.1 Å². The van der Waals surface area contributed by atoms with Gasteiger partial charge < -0.3 is 18.8 Å². The van der Waals surface area contributed by atoms with Gasteiger partial charge in [-0.1, -0.05) is 12.1 Å². The van der Waals surface area contributed by atoms with E-state index in [1.165, 1.54) is 12.1 Å². The molecular formula is C24H23FN2O5. The van der Waals surface area contributed by atoms with E-state index in [9.17, 15) is 14.0 Å². The lowest BCUT2D eigenvalue weighted by atomic mass is 9.98. The van der Waals surface area contributed by atoms with Crippen LogP contribution in [-0.2, 0) is 4.74 Å². The van der Waals surface area contributed by atoms with Gasteiger partial charge in [0.05, 0.1) is 37.3 Å². The first-order chi connectivity index (χ1) is 15.6. The van der Waals surface area contributed by atoms with Crippen LogP contribution >= 0.6 is 0 Å². The minimum Gasteiger partial charge on any atom is -0.497 e. The highest BCUT2D eigenvalue weighted by atomic mass is 19.1. The largest absolute Gasteiger partial charge is 0.497 e. The Balaban J connectivity index is 1.62. The lowest BCUT2D eigenvalue weighted by molar-refractivity contribution is 0.0314. The highest BCUT2D eigenvalue weighted by Crippen LogP contribution is 2.39. The number of ether oxygens (including phenoxy) is 2. The molecule has 2 aromatic carbocycles. The third-order valence-electron chi connectivity index (χ3n) is 6.10. The molecule has 0 radical (unpaired) electrons. The molecule has 1 atom stereocenters. The molecule has 166 valence electrons. The predicted octanol–water partition coefficient (Wildman–Crippen LogP) is 2.82. The van der Waals surface area contributed by atoms with Crippen molar-refractivity contribution in [1.29, 1.82) is 0 Å². The molecule has 5 rings (SSSR count). The number of morpholine rings is 1. The normalized spacial score (nSPS) is 18.9. The second-order valence-corrected chi connectivity index (χ2v) is 7.95. The average Bonchev–Trinajstić information content (AvgIpc) is 3.10. The zero-order valence-electron chi connectivity index (χ0n) is 17.7. The van der Waals surface area contributed by atoms with Gasteiger partial charge in [0.2, 0.25) is 5.76 Å². The monoisotopic (exact) mass is 438 g/mol. The molecule has 1 saturated heterocycles. The Morgan fingerprint density at radius 2 is 1.91 bits per heavy atom. The minimum absolute atomic E-state index is 0.0175. The summed E-state index contributed by atoms with van der Waals surface area (Å²) >= 11 is 0. The van der Waals surface area contributed by atoms with Crippen molar-refractivity contribution in [3.63, 3.8) is 0 Å². The number of hydrogen-bond donors (Lipinski definition) is 0. The van der Waals surface area contributed by atoms with Crippen LogP contribution in [0.1, 0.15) is 27.7 Å². The van der Waals surface area contributed by atoms with Crippen molar-refractivity contribution >= 4 is 16.9 Å². The Labute approximate surface area is 183 Å². The molecule has 0 spiro atoms. The van der Waals surface area contributed by atoms with Crippen LogP contribution in [-0.4, -0.2) is 62.2 Å². The summed E-state index contributed by atoms with van der Waals surface area (Å²) < 4.78 is 30.5. The molecule has 0 saturated carbocycles. The van der Waals surface area contributed by atoms with Gasteiger partial charge in [-0.25, -0.2) is 4.39 Å². The van der Waals surface area contributed by atoms with Crippen LogP contribution in [0.5, 0.6) is 5.75 Å². The Hall–Kier alpha value is -3.23. The first kappa shape index (κ1) is 20.7. The molecule has 2 aliphatic heterocycles. The zero-order chi connectivity index (χ0) is 22.2. The predicted molar refractivity (Wildman–Crippen MR) is 116 cm³/mol. The molecule has 3 aromatic rings. The molecule has 7 nitrogen and oxygen atoms in total. The van der Waals surface area contributed by atoms with Crippen molar-refractivity contribution in [2.45, 2.75) is 6.04 Å². The lowest BCUT2D eigenvalue weighted by Crippen LogP contribution is -2.42. The summed E-state index contributed by atoms with van der Waals surface area (Å²) in [5, 5.41) is 0.125. The summed E-state index contributed by atoms with van der Waals surface area (Å²) in [4.78, 5) is 30.7. The maximum Gasteiger partial charge on any atom is 0.290 e. The molecule has 8 heteroatoms. The highest BCUT2D eigenvalue weighted by Gasteiger charge is 2.42. The van der Waals surface area contributed by atoms with E-state index in [4.69, 9.17) is 13.9 Å². The Kier molecular flexibility index (Phi) is 5.40. The number of nitrogens with zero attached hydrogens (tertiary/aromatic N) is 2. The van der Waals surface area contributed by atoms with E-state index < -0.39 is 17.3 Å². The summed E-state index contributed by atoms with van der Waals surface area (Å²) in [7, 11) is 1.56. The van der Waals surface area contributed by atoms with Crippen molar-refractivity contribution in [1.82, 2.24) is 9.80 Å². The van der Waals surface area contributed by atoms with E-state index in [-0.39, 0.29) is 28.2 Å². The molecule has 0 aliphatic carbocycles. The van der Waals surface area contributed by atoms with Gasteiger partial charge in [0.25, 0.3) is 5.91 Å². The fraction of sp³-hybridized carbons (Fsp3) is 0.333. The van der Waals surface area contributed by atoms with Crippen LogP contribution in [0.25, 0.3) is 11.0 Å². The summed E-state index contributed by atoms with van der Waals surface area (Å²) in [6.45, 7) is 3.95. The van der Waals surface area contributed by atoms with E-state index in [2.05, 4.69) is 4.90 Å². The Bertz CT molecular complexity index is 1230. The smallest absolute Gasteiger partial charge is 0.290 e. The van der Waals surface area contributed by atoms with E-state index in [1.807, 2.05) is 18.2 Å². The topological polar surface area (TPSA) is 72.2 Å². The molecule has 2 aliphatic rings. The molecular weight excluding hydrogens is 415 g/mol. The fourth-order valence-electron chi connectivity index (χ4n) is 4.46. The van der Waals surface area contributed by atoms with Crippen molar-refractivity contribution in [3.8, 4) is 5.75 Å². The van der Waals surface area contributed by atoms with Gasteiger partial charge in [-0.2, -0.15) is 0 Å². The lowest BCUT2D eigenvalue weighted by Gasteiger charge is -2.31. The number of benzene rings is 2.